The maximum Gasteiger partial charge on any atom is 0.223 e. The number of aliphatic hydroxyl groups is 1. The third kappa shape index (κ3) is 4.68. The molecule has 3 N–H and O–H groups in total. The standard InChI is InChI=1S/C22H27N5O4/c1-30-17-6-4-16(5-7-17)26-21(28)15-3-8-19(24-12-15)27-22(29)18(13-25-27)14-9-10-23-20(11-14)31-2/h3,8-13,16-17,21,26,28-29H,4-7H2,1-2H3/t16-,17+,21?. The van der Waals surface area contributed by atoms with Crippen LogP contribution in [-0.4, -0.2) is 56.3 Å². The van der Waals surface area contributed by atoms with Gasteiger partial charge in [0.2, 0.25) is 11.8 Å². The van der Waals surface area contributed by atoms with Gasteiger partial charge < -0.3 is 19.7 Å². The lowest BCUT2D eigenvalue weighted by Gasteiger charge is -2.30. The van der Waals surface area contributed by atoms with Crippen LogP contribution in [0.3, 0.4) is 0 Å². The van der Waals surface area contributed by atoms with E-state index in [0.29, 0.717) is 28.9 Å². The van der Waals surface area contributed by atoms with Crippen LogP contribution in [0.2, 0.25) is 0 Å². The number of nitrogens with zero attached hydrogens (tertiary/aromatic N) is 4. The predicted molar refractivity (Wildman–Crippen MR) is 114 cm³/mol. The molecule has 3 aromatic rings. The average molecular weight is 425 g/mol. The number of hydrogen-bond acceptors (Lipinski definition) is 8. The molecule has 3 aromatic heterocycles. The minimum Gasteiger partial charge on any atom is -0.493 e. The highest BCUT2D eigenvalue weighted by molar-refractivity contribution is 5.69. The first-order chi connectivity index (χ1) is 15.1. The van der Waals surface area contributed by atoms with Crippen LogP contribution in [-0.2, 0) is 4.74 Å². The van der Waals surface area contributed by atoms with E-state index in [1.807, 2.05) is 0 Å². The fraction of sp³-hybridized carbons (Fsp3) is 0.409. The summed E-state index contributed by atoms with van der Waals surface area (Å²) < 4.78 is 11.9. The average Bonchev–Trinajstić information content (AvgIpc) is 3.21. The van der Waals surface area contributed by atoms with Gasteiger partial charge in [0.1, 0.15) is 6.23 Å². The molecule has 31 heavy (non-hydrogen) atoms. The van der Waals surface area contributed by atoms with Crippen molar-refractivity contribution >= 4 is 0 Å². The summed E-state index contributed by atoms with van der Waals surface area (Å²) in [6.45, 7) is 0. The maximum atomic E-state index is 10.7. The van der Waals surface area contributed by atoms with Crippen LogP contribution in [0.15, 0.2) is 42.9 Å². The molecule has 4 rings (SSSR count). The Kier molecular flexibility index (Phi) is 6.45. The number of aromatic nitrogens is 4. The number of methoxy groups -OCH3 is 2. The van der Waals surface area contributed by atoms with Crippen molar-refractivity contribution in [1.29, 1.82) is 0 Å². The summed E-state index contributed by atoms with van der Waals surface area (Å²) in [5.41, 5.74) is 1.93. The van der Waals surface area contributed by atoms with Gasteiger partial charge in [-0.05, 0) is 49.4 Å². The van der Waals surface area contributed by atoms with Crippen LogP contribution in [0, 0.1) is 0 Å². The van der Waals surface area contributed by atoms with E-state index < -0.39 is 6.23 Å². The quantitative estimate of drug-likeness (QED) is 0.495. The molecular formula is C22H27N5O4. The van der Waals surface area contributed by atoms with Gasteiger partial charge in [-0.2, -0.15) is 9.78 Å². The molecule has 1 atom stereocenters. The Morgan fingerprint density at radius 2 is 1.90 bits per heavy atom. The Morgan fingerprint density at radius 3 is 2.58 bits per heavy atom. The summed E-state index contributed by atoms with van der Waals surface area (Å²) in [6, 6.07) is 7.22. The molecule has 3 heterocycles. The number of aliphatic hydroxyl groups excluding tert-OH is 1. The maximum absolute atomic E-state index is 10.7. The number of pyridine rings is 2. The van der Waals surface area contributed by atoms with Gasteiger partial charge >= 0.3 is 0 Å². The molecule has 0 aromatic carbocycles. The first-order valence-corrected chi connectivity index (χ1v) is 10.3. The van der Waals surface area contributed by atoms with Gasteiger partial charge in [-0.3, -0.25) is 5.32 Å². The molecule has 1 saturated carbocycles. The largest absolute Gasteiger partial charge is 0.493 e. The van der Waals surface area contributed by atoms with Crippen molar-refractivity contribution in [3.8, 4) is 28.7 Å². The second-order valence-electron chi connectivity index (χ2n) is 7.61. The van der Waals surface area contributed by atoms with Gasteiger partial charge in [0, 0.05) is 37.2 Å². The summed E-state index contributed by atoms with van der Waals surface area (Å²) >= 11 is 0. The fourth-order valence-electron chi connectivity index (χ4n) is 3.87. The summed E-state index contributed by atoms with van der Waals surface area (Å²) in [5.74, 6) is 0.854. The monoisotopic (exact) mass is 425 g/mol. The zero-order valence-electron chi connectivity index (χ0n) is 17.6. The zero-order valence-corrected chi connectivity index (χ0v) is 17.6. The summed E-state index contributed by atoms with van der Waals surface area (Å²) in [5, 5.41) is 28.7. The van der Waals surface area contributed by atoms with Crippen LogP contribution < -0.4 is 10.1 Å². The molecule has 1 aliphatic rings. The molecular weight excluding hydrogens is 398 g/mol. The van der Waals surface area contributed by atoms with Gasteiger partial charge in [-0.1, -0.05) is 0 Å². The van der Waals surface area contributed by atoms with Crippen molar-refractivity contribution in [1.82, 2.24) is 25.1 Å². The lowest BCUT2D eigenvalue weighted by Crippen LogP contribution is -2.37. The van der Waals surface area contributed by atoms with Gasteiger partial charge in [0.15, 0.2) is 5.82 Å². The number of aromatic hydroxyl groups is 1. The molecule has 0 saturated heterocycles. The second-order valence-corrected chi connectivity index (χ2v) is 7.61. The second kappa shape index (κ2) is 9.42. The molecule has 9 heteroatoms. The number of hydrogen-bond donors (Lipinski definition) is 3. The topological polar surface area (TPSA) is 115 Å². The Bertz CT molecular complexity index is 999. The van der Waals surface area contributed by atoms with Crippen molar-refractivity contribution in [2.45, 2.75) is 44.1 Å². The van der Waals surface area contributed by atoms with Crippen molar-refractivity contribution < 1.29 is 19.7 Å². The lowest BCUT2D eigenvalue weighted by molar-refractivity contribution is 0.0476. The van der Waals surface area contributed by atoms with E-state index in [4.69, 9.17) is 9.47 Å². The lowest BCUT2D eigenvalue weighted by atomic mass is 9.92. The molecule has 0 amide bonds. The van der Waals surface area contributed by atoms with Gasteiger partial charge in [-0.25, -0.2) is 9.97 Å². The summed E-state index contributed by atoms with van der Waals surface area (Å²) in [7, 11) is 3.28. The van der Waals surface area contributed by atoms with Crippen molar-refractivity contribution in [3.05, 3.63) is 48.4 Å². The first kappa shape index (κ1) is 21.2. The van der Waals surface area contributed by atoms with E-state index in [2.05, 4.69) is 20.4 Å². The van der Waals surface area contributed by atoms with Gasteiger partial charge in [0.05, 0.1) is 25.0 Å². The Morgan fingerprint density at radius 1 is 1.10 bits per heavy atom. The van der Waals surface area contributed by atoms with E-state index >= 15 is 0 Å². The van der Waals surface area contributed by atoms with Gasteiger partial charge in [-0.15, -0.1) is 0 Å². The molecule has 1 aliphatic carbocycles. The van der Waals surface area contributed by atoms with Gasteiger partial charge in [0.25, 0.3) is 0 Å². The molecule has 0 radical (unpaired) electrons. The highest BCUT2D eigenvalue weighted by Crippen LogP contribution is 2.31. The molecule has 0 aliphatic heterocycles. The van der Waals surface area contributed by atoms with E-state index in [1.54, 1.807) is 50.0 Å². The minimum atomic E-state index is -0.809. The Hall–Kier alpha value is -3.01. The van der Waals surface area contributed by atoms with E-state index in [1.165, 1.54) is 11.8 Å². The van der Waals surface area contributed by atoms with E-state index in [-0.39, 0.29) is 11.9 Å². The normalized spacial score (nSPS) is 19.8. The Labute approximate surface area is 180 Å². The summed E-state index contributed by atoms with van der Waals surface area (Å²) in [4.78, 5) is 8.45. The van der Waals surface area contributed by atoms with Crippen LogP contribution in [0.1, 0.15) is 37.5 Å². The van der Waals surface area contributed by atoms with Crippen LogP contribution in [0.4, 0.5) is 0 Å². The van der Waals surface area contributed by atoms with Crippen molar-refractivity contribution in [3.63, 3.8) is 0 Å². The fourth-order valence-corrected chi connectivity index (χ4v) is 3.87. The first-order valence-electron chi connectivity index (χ1n) is 10.3. The molecule has 0 bridgehead atoms. The zero-order chi connectivity index (χ0) is 21.8. The summed E-state index contributed by atoms with van der Waals surface area (Å²) in [6.07, 6.45) is 8.16. The third-order valence-electron chi connectivity index (χ3n) is 5.70. The molecule has 0 spiro atoms. The molecule has 164 valence electrons. The number of nitrogens with one attached hydrogen (secondary N) is 1. The highest BCUT2D eigenvalue weighted by atomic mass is 16.5. The SMILES string of the molecule is COc1cc(-c2cnn(-c3ccc(C(O)N[C@H]4CC[C@@H](OC)CC4)cn3)c2O)ccn1. The molecule has 1 unspecified atom stereocenters. The van der Waals surface area contributed by atoms with E-state index in [0.717, 1.165) is 31.2 Å². The van der Waals surface area contributed by atoms with Crippen molar-refractivity contribution in [2.75, 3.05) is 14.2 Å². The van der Waals surface area contributed by atoms with Crippen LogP contribution >= 0.6 is 0 Å². The third-order valence-corrected chi connectivity index (χ3v) is 5.70. The number of rotatable bonds is 7. The molecule has 9 nitrogen and oxygen atoms in total. The van der Waals surface area contributed by atoms with Crippen LogP contribution in [0.25, 0.3) is 16.9 Å². The highest BCUT2D eigenvalue weighted by Gasteiger charge is 2.23. The van der Waals surface area contributed by atoms with E-state index in [9.17, 15) is 10.2 Å². The number of ether oxygens (including phenoxy) is 2. The Balaban J connectivity index is 1.45. The van der Waals surface area contributed by atoms with Crippen LogP contribution in [0.5, 0.6) is 11.8 Å². The molecule has 1 fully saturated rings. The minimum absolute atomic E-state index is 0.0397. The predicted octanol–water partition coefficient (Wildman–Crippen LogP) is 2.58. The van der Waals surface area contributed by atoms with Crippen molar-refractivity contribution in [2.24, 2.45) is 0 Å². The smallest absolute Gasteiger partial charge is 0.223 e.